The largest absolute Gasteiger partial charge is 0.466 e. The molecule has 1 atom stereocenters. The Morgan fingerprint density at radius 2 is 1.92 bits per heavy atom. The third-order valence-corrected chi connectivity index (χ3v) is 3.33. The molecule has 1 heterocycles. The highest BCUT2D eigenvalue weighted by atomic mass is 16.3. The van der Waals surface area contributed by atoms with E-state index in [1.807, 2.05) is 13.8 Å². The van der Waals surface area contributed by atoms with Crippen molar-refractivity contribution in [1.29, 1.82) is 0 Å². The lowest BCUT2D eigenvalue weighted by Gasteiger charge is -2.13. The minimum Gasteiger partial charge on any atom is -0.466 e. The molecular weight excluding hydrogens is 162 g/mol. The van der Waals surface area contributed by atoms with E-state index in [-0.39, 0.29) is 11.0 Å². The van der Waals surface area contributed by atoms with Gasteiger partial charge in [-0.25, -0.2) is 0 Å². The molecule has 1 aliphatic rings. The molecule has 13 heavy (non-hydrogen) atoms. The average molecular weight is 179 g/mol. The summed E-state index contributed by atoms with van der Waals surface area (Å²) in [6.45, 7) is 8.37. The molecule has 1 saturated carbocycles. The van der Waals surface area contributed by atoms with E-state index in [0.717, 1.165) is 17.9 Å². The molecule has 0 aliphatic heterocycles. The molecule has 2 N–H and O–H groups in total. The molecule has 1 aromatic heterocycles. The predicted molar refractivity (Wildman–Crippen MR) is 52.4 cm³/mol. The molecule has 72 valence electrons. The second kappa shape index (κ2) is 2.18. The molecule has 2 rings (SSSR count). The first-order valence-electron chi connectivity index (χ1n) is 4.73. The Kier molecular flexibility index (Phi) is 1.48. The van der Waals surface area contributed by atoms with Gasteiger partial charge < -0.3 is 10.2 Å². The van der Waals surface area contributed by atoms with Crippen molar-refractivity contribution in [2.75, 3.05) is 0 Å². The zero-order valence-electron chi connectivity index (χ0n) is 8.77. The van der Waals surface area contributed by atoms with Crippen LogP contribution in [0.2, 0.25) is 0 Å². The summed E-state index contributed by atoms with van der Waals surface area (Å²) in [6, 6.07) is 2.07. The summed E-state index contributed by atoms with van der Waals surface area (Å²) in [5.41, 5.74) is 7.58. The molecule has 1 fully saturated rings. The summed E-state index contributed by atoms with van der Waals surface area (Å²) in [6.07, 6.45) is 1.06. The highest BCUT2D eigenvalue weighted by Crippen LogP contribution is 2.61. The highest BCUT2D eigenvalue weighted by Gasteiger charge is 2.60. The van der Waals surface area contributed by atoms with E-state index in [9.17, 15) is 0 Å². The summed E-state index contributed by atoms with van der Waals surface area (Å²) < 4.78 is 5.49. The van der Waals surface area contributed by atoms with Gasteiger partial charge in [0.25, 0.3) is 0 Å². The van der Waals surface area contributed by atoms with Crippen molar-refractivity contribution in [1.82, 2.24) is 0 Å². The van der Waals surface area contributed by atoms with Crippen LogP contribution in [0.1, 0.15) is 37.4 Å². The zero-order valence-corrected chi connectivity index (χ0v) is 8.77. The van der Waals surface area contributed by atoms with Crippen molar-refractivity contribution < 1.29 is 4.42 Å². The molecule has 2 nitrogen and oxygen atoms in total. The molecule has 1 aliphatic carbocycles. The van der Waals surface area contributed by atoms with E-state index in [2.05, 4.69) is 19.9 Å². The van der Waals surface area contributed by atoms with E-state index in [1.165, 1.54) is 5.56 Å². The summed E-state index contributed by atoms with van der Waals surface area (Å²) in [5.74, 6) is 1.94. The lowest BCUT2D eigenvalue weighted by Crippen LogP contribution is -2.25. The second-order valence-electron chi connectivity index (χ2n) is 4.86. The number of hydrogen-bond acceptors (Lipinski definition) is 2. The van der Waals surface area contributed by atoms with E-state index in [1.54, 1.807) is 0 Å². The van der Waals surface area contributed by atoms with Crippen LogP contribution in [-0.4, -0.2) is 0 Å². The van der Waals surface area contributed by atoms with Gasteiger partial charge in [0.15, 0.2) is 0 Å². The number of furan rings is 1. The Balaban J connectivity index is 2.43. The summed E-state index contributed by atoms with van der Waals surface area (Å²) in [4.78, 5) is 0. The zero-order chi connectivity index (χ0) is 9.85. The van der Waals surface area contributed by atoms with Gasteiger partial charge in [-0.05, 0) is 31.7 Å². The standard InChI is InChI=1S/C11H17NO/c1-7-5-9(8(2)13-7)11(12)6-10(11,3)4/h5H,6,12H2,1-4H3. The van der Waals surface area contributed by atoms with Crippen molar-refractivity contribution in [2.24, 2.45) is 11.1 Å². The minimum atomic E-state index is -0.144. The van der Waals surface area contributed by atoms with Gasteiger partial charge in [-0.2, -0.15) is 0 Å². The fourth-order valence-corrected chi connectivity index (χ4v) is 2.19. The van der Waals surface area contributed by atoms with Crippen molar-refractivity contribution in [3.05, 3.63) is 23.2 Å². The first-order valence-corrected chi connectivity index (χ1v) is 4.73. The van der Waals surface area contributed by atoms with Crippen molar-refractivity contribution >= 4 is 0 Å². The first kappa shape index (κ1) is 8.82. The highest BCUT2D eigenvalue weighted by molar-refractivity contribution is 5.38. The quantitative estimate of drug-likeness (QED) is 0.719. The van der Waals surface area contributed by atoms with E-state index >= 15 is 0 Å². The topological polar surface area (TPSA) is 39.2 Å². The van der Waals surface area contributed by atoms with Crippen LogP contribution in [0.15, 0.2) is 10.5 Å². The van der Waals surface area contributed by atoms with Crippen LogP contribution in [0.25, 0.3) is 0 Å². The van der Waals surface area contributed by atoms with Crippen LogP contribution < -0.4 is 5.73 Å². The van der Waals surface area contributed by atoms with Crippen molar-refractivity contribution in [2.45, 2.75) is 39.7 Å². The average Bonchev–Trinajstić information content (AvgIpc) is 2.34. The Morgan fingerprint density at radius 3 is 2.23 bits per heavy atom. The molecule has 0 aromatic carbocycles. The summed E-state index contributed by atoms with van der Waals surface area (Å²) in [5, 5.41) is 0. The molecule has 0 amide bonds. The third-order valence-electron chi connectivity index (χ3n) is 3.33. The van der Waals surface area contributed by atoms with Gasteiger partial charge >= 0.3 is 0 Å². The van der Waals surface area contributed by atoms with E-state index in [4.69, 9.17) is 10.2 Å². The fourth-order valence-electron chi connectivity index (χ4n) is 2.19. The Hall–Kier alpha value is -0.760. The Morgan fingerprint density at radius 1 is 1.38 bits per heavy atom. The molecule has 0 radical (unpaired) electrons. The minimum absolute atomic E-state index is 0.144. The van der Waals surface area contributed by atoms with Gasteiger partial charge in [-0.3, -0.25) is 0 Å². The SMILES string of the molecule is Cc1cc(C2(N)CC2(C)C)c(C)o1. The first-order chi connectivity index (χ1) is 5.87. The Labute approximate surface area is 79.1 Å². The molecule has 1 unspecified atom stereocenters. The van der Waals surface area contributed by atoms with Crippen LogP contribution in [-0.2, 0) is 5.54 Å². The lowest BCUT2D eigenvalue weighted by atomic mass is 9.97. The molecular formula is C11H17NO. The van der Waals surface area contributed by atoms with Crippen LogP contribution in [0, 0.1) is 19.3 Å². The second-order valence-corrected chi connectivity index (χ2v) is 4.86. The maximum absolute atomic E-state index is 6.30. The maximum atomic E-state index is 6.30. The van der Waals surface area contributed by atoms with E-state index in [0.29, 0.717) is 0 Å². The van der Waals surface area contributed by atoms with Gasteiger partial charge in [-0.15, -0.1) is 0 Å². The van der Waals surface area contributed by atoms with Gasteiger partial charge in [0, 0.05) is 5.56 Å². The summed E-state index contributed by atoms with van der Waals surface area (Å²) >= 11 is 0. The smallest absolute Gasteiger partial charge is 0.106 e. The number of hydrogen-bond donors (Lipinski definition) is 1. The molecule has 0 bridgehead atoms. The number of nitrogens with two attached hydrogens (primary N) is 1. The number of rotatable bonds is 1. The van der Waals surface area contributed by atoms with Crippen LogP contribution in [0.3, 0.4) is 0 Å². The van der Waals surface area contributed by atoms with Crippen LogP contribution in [0.5, 0.6) is 0 Å². The lowest BCUT2D eigenvalue weighted by molar-refractivity contribution is 0.473. The number of aryl methyl sites for hydroxylation is 2. The van der Waals surface area contributed by atoms with Crippen LogP contribution >= 0.6 is 0 Å². The molecule has 0 saturated heterocycles. The predicted octanol–water partition coefficient (Wildman–Crippen LogP) is 2.48. The molecule has 1 aromatic rings. The van der Waals surface area contributed by atoms with Gasteiger partial charge in [-0.1, -0.05) is 13.8 Å². The summed E-state index contributed by atoms with van der Waals surface area (Å²) in [7, 11) is 0. The van der Waals surface area contributed by atoms with Crippen molar-refractivity contribution in [3.63, 3.8) is 0 Å². The fraction of sp³-hybridized carbons (Fsp3) is 0.636. The monoisotopic (exact) mass is 179 g/mol. The van der Waals surface area contributed by atoms with Crippen molar-refractivity contribution in [3.8, 4) is 0 Å². The molecule has 0 spiro atoms. The van der Waals surface area contributed by atoms with Gasteiger partial charge in [0.05, 0.1) is 5.54 Å². The van der Waals surface area contributed by atoms with Crippen LogP contribution in [0.4, 0.5) is 0 Å². The maximum Gasteiger partial charge on any atom is 0.106 e. The van der Waals surface area contributed by atoms with E-state index < -0.39 is 0 Å². The molecule has 2 heteroatoms. The van der Waals surface area contributed by atoms with Gasteiger partial charge in [0.1, 0.15) is 11.5 Å². The Bertz CT molecular complexity index is 351. The van der Waals surface area contributed by atoms with Gasteiger partial charge in [0.2, 0.25) is 0 Å². The third kappa shape index (κ3) is 1.05. The normalized spacial score (nSPS) is 30.5.